The number of nitrogens with zero attached hydrogens (tertiary/aromatic N) is 3. The quantitative estimate of drug-likeness (QED) is 0.408. The third-order valence-electron chi connectivity index (χ3n) is 4.37. The number of nitro groups is 1. The second-order valence-corrected chi connectivity index (χ2v) is 6.20. The lowest BCUT2D eigenvalue weighted by atomic mass is 10.1. The summed E-state index contributed by atoms with van der Waals surface area (Å²) in [6.45, 7) is 0.169. The minimum Gasteiger partial charge on any atom is -0.268 e. The number of hydrogen-bond acceptors (Lipinski definition) is 4. The predicted molar refractivity (Wildman–Crippen MR) is 104 cm³/mol. The minimum absolute atomic E-state index is 0.00812. The zero-order chi connectivity index (χ0) is 18.8. The Labute approximate surface area is 154 Å². The van der Waals surface area contributed by atoms with Crippen molar-refractivity contribution >= 4 is 16.5 Å². The molecular formula is C21H15N3O3. The minimum atomic E-state index is -0.453. The monoisotopic (exact) mass is 357 g/mol. The van der Waals surface area contributed by atoms with Crippen molar-refractivity contribution in [1.29, 1.82) is 0 Å². The maximum Gasteiger partial charge on any atom is 0.269 e. The van der Waals surface area contributed by atoms with E-state index in [1.165, 1.54) is 22.9 Å². The van der Waals surface area contributed by atoms with Gasteiger partial charge in [0.05, 0.1) is 17.2 Å². The molecule has 6 heteroatoms. The molecule has 27 heavy (non-hydrogen) atoms. The Morgan fingerprint density at radius 3 is 2.52 bits per heavy atom. The summed E-state index contributed by atoms with van der Waals surface area (Å²) in [7, 11) is 0. The first-order valence-electron chi connectivity index (χ1n) is 8.41. The normalized spacial score (nSPS) is 10.8. The maximum atomic E-state index is 12.2. The van der Waals surface area contributed by atoms with Gasteiger partial charge in [-0.05, 0) is 28.5 Å². The standard InChI is InChI=1S/C21H15N3O3/c25-21-11-10-20(18-9-8-16-5-1-2-6-17(16)13-18)22-23(21)14-15-4-3-7-19(12-15)24(26)27/h1-13H,14H2. The van der Waals surface area contributed by atoms with Crippen LogP contribution < -0.4 is 5.56 Å². The Bertz CT molecular complexity index is 1210. The van der Waals surface area contributed by atoms with Gasteiger partial charge in [0.15, 0.2) is 0 Å². The first kappa shape index (κ1) is 16.7. The van der Waals surface area contributed by atoms with Crippen molar-refractivity contribution in [2.24, 2.45) is 0 Å². The number of hydrogen-bond donors (Lipinski definition) is 0. The third-order valence-corrected chi connectivity index (χ3v) is 4.37. The summed E-state index contributed by atoms with van der Waals surface area (Å²) < 4.78 is 1.32. The Balaban J connectivity index is 1.71. The molecule has 3 aromatic carbocycles. The highest BCUT2D eigenvalue weighted by atomic mass is 16.6. The SMILES string of the molecule is O=c1ccc(-c2ccc3ccccc3c2)nn1Cc1cccc([N+](=O)[O-])c1. The van der Waals surface area contributed by atoms with Crippen LogP contribution in [0.25, 0.3) is 22.0 Å². The maximum absolute atomic E-state index is 12.2. The van der Waals surface area contributed by atoms with Gasteiger partial charge in [-0.3, -0.25) is 14.9 Å². The number of non-ortho nitro benzene ring substituents is 1. The van der Waals surface area contributed by atoms with Crippen LogP contribution in [0.5, 0.6) is 0 Å². The zero-order valence-electron chi connectivity index (χ0n) is 14.3. The van der Waals surface area contributed by atoms with Crippen molar-refractivity contribution in [3.63, 3.8) is 0 Å². The number of benzene rings is 3. The summed E-state index contributed by atoms with van der Waals surface area (Å²) in [5, 5.41) is 17.6. The van der Waals surface area contributed by atoms with Crippen LogP contribution in [0.1, 0.15) is 5.56 Å². The first-order valence-corrected chi connectivity index (χ1v) is 8.41. The molecule has 0 aliphatic carbocycles. The van der Waals surface area contributed by atoms with E-state index in [9.17, 15) is 14.9 Å². The van der Waals surface area contributed by atoms with Crippen molar-refractivity contribution in [3.8, 4) is 11.3 Å². The lowest BCUT2D eigenvalue weighted by molar-refractivity contribution is -0.384. The Kier molecular flexibility index (Phi) is 4.22. The smallest absolute Gasteiger partial charge is 0.268 e. The van der Waals surface area contributed by atoms with Crippen LogP contribution in [-0.2, 0) is 6.54 Å². The Morgan fingerprint density at radius 1 is 0.889 bits per heavy atom. The fourth-order valence-electron chi connectivity index (χ4n) is 3.01. The van der Waals surface area contributed by atoms with Gasteiger partial charge in [-0.1, -0.05) is 48.5 Å². The molecule has 0 saturated heterocycles. The summed E-state index contributed by atoms with van der Waals surface area (Å²) in [6.07, 6.45) is 0. The number of nitro benzene ring substituents is 1. The second-order valence-electron chi connectivity index (χ2n) is 6.20. The molecule has 0 aliphatic heterocycles. The number of fused-ring (bicyclic) bond motifs is 1. The van der Waals surface area contributed by atoms with E-state index in [0.29, 0.717) is 11.3 Å². The lowest BCUT2D eigenvalue weighted by Gasteiger charge is -2.08. The summed E-state index contributed by atoms with van der Waals surface area (Å²) in [4.78, 5) is 22.7. The van der Waals surface area contributed by atoms with Gasteiger partial charge in [0.2, 0.25) is 0 Å². The average molecular weight is 357 g/mol. The summed E-state index contributed by atoms with van der Waals surface area (Å²) in [5.74, 6) is 0. The molecule has 132 valence electrons. The van der Waals surface area contributed by atoms with E-state index in [-0.39, 0.29) is 17.8 Å². The molecule has 0 atom stereocenters. The van der Waals surface area contributed by atoms with E-state index in [2.05, 4.69) is 5.10 Å². The van der Waals surface area contributed by atoms with E-state index in [1.54, 1.807) is 18.2 Å². The Morgan fingerprint density at radius 2 is 1.70 bits per heavy atom. The lowest BCUT2D eigenvalue weighted by Crippen LogP contribution is -2.22. The fourth-order valence-corrected chi connectivity index (χ4v) is 3.01. The molecule has 0 unspecified atom stereocenters. The van der Waals surface area contributed by atoms with Crippen LogP contribution in [0.2, 0.25) is 0 Å². The number of aromatic nitrogens is 2. The molecule has 4 rings (SSSR count). The van der Waals surface area contributed by atoms with Crippen LogP contribution in [0.4, 0.5) is 5.69 Å². The fraction of sp³-hybridized carbons (Fsp3) is 0.0476. The van der Waals surface area contributed by atoms with Crippen LogP contribution >= 0.6 is 0 Å². The van der Waals surface area contributed by atoms with Gasteiger partial charge in [-0.2, -0.15) is 5.10 Å². The summed E-state index contributed by atoms with van der Waals surface area (Å²) in [5.41, 5.74) is 1.96. The highest BCUT2D eigenvalue weighted by molar-refractivity contribution is 5.86. The molecule has 6 nitrogen and oxygen atoms in total. The molecule has 0 saturated carbocycles. The molecule has 0 radical (unpaired) electrons. The molecule has 0 N–H and O–H groups in total. The molecule has 0 amide bonds. The van der Waals surface area contributed by atoms with Crippen molar-refractivity contribution in [2.45, 2.75) is 6.54 Å². The van der Waals surface area contributed by atoms with Gasteiger partial charge in [-0.25, -0.2) is 4.68 Å². The van der Waals surface area contributed by atoms with Gasteiger partial charge < -0.3 is 0 Å². The van der Waals surface area contributed by atoms with Crippen molar-refractivity contribution < 1.29 is 4.92 Å². The highest BCUT2D eigenvalue weighted by Gasteiger charge is 2.09. The molecule has 1 aromatic heterocycles. The van der Waals surface area contributed by atoms with E-state index in [4.69, 9.17) is 0 Å². The topological polar surface area (TPSA) is 78.0 Å². The van der Waals surface area contributed by atoms with Crippen LogP contribution in [0, 0.1) is 10.1 Å². The van der Waals surface area contributed by atoms with Gasteiger partial charge >= 0.3 is 0 Å². The van der Waals surface area contributed by atoms with Crippen molar-refractivity contribution in [2.75, 3.05) is 0 Å². The van der Waals surface area contributed by atoms with Crippen molar-refractivity contribution in [3.05, 3.63) is 105 Å². The van der Waals surface area contributed by atoms with Gasteiger partial charge in [-0.15, -0.1) is 0 Å². The second kappa shape index (κ2) is 6.84. The molecule has 0 spiro atoms. The molecule has 0 bridgehead atoms. The average Bonchev–Trinajstić information content (AvgIpc) is 2.69. The predicted octanol–water partition coefficient (Wildman–Crippen LogP) is 4.02. The van der Waals surface area contributed by atoms with Gasteiger partial charge in [0, 0.05) is 23.8 Å². The van der Waals surface area contributed by atoms with Crippen LogP contribution in [0.15, 0.2) is 83.7 Å². The van der Waals surface area contributed by atoms with Crippen LogP contribution in [-0.4, -0.2) is 14.7 Å². The molecule has 4 aromatic rings. The van der Waals surface area contributed by atoms with Crippen molar-refractivity contribution in [1.82, 2.24) is 9.78 Å². The van der Waals surface area contributed by atoms with E-state index < -0.39 is 4.92 Å². The van der Waals surface area contributed by atoms with E-state index >= 15 is 0 Å². The first-order chi connectivity index (χ1) is 13.1. The van der Waals surface area contributed by atoms with Gasteiger partial charge in [0.25, 0.3) is 11.2 Å². The number of rotatable bonds is 4. The van der Waals surface area contributed by atoms with E-state index in [0.717, 1.165) is 16.3 Å². The van der Waals surface area contributed by atoms with Crippen LogP contribution in [0.3, 0.4) is 0 Å². The highest BCUT2D eigenvalue weighted by Crippen LogP contribution is 2.22. The van der Waals surface area contributed by atoms with E-state index in [1.807, 2.05) is 42.5 Å². The molecular weight excluding hydrogens is 342 g/mol. The van der Waals surface area contributed by atoms with Gasteiger partial charge in [0.1, 0.15) is 0 Å². The Hall–Kier alpha value is -3.80. The summed E-state index contributed by atoms with van der Waals surface area (Å²) in [6, 6.07) is 23.4. The third kappa shape index (κ3) is 3.46. The zero-order valence-corrected chi connectivity index (χ0v) is 14.3. The largest absolute Gasteiger partial charge is 0.269 e. The molecule has 0 fully saturated rings. The summed E-state index contributed by atoms with van der Waals surface area (Å²) >= 11 is 0. The molecule has 0 aliphatic rings. The molecule has 1 heterocycles.